The Morgan fingerprint density at radius 1 is 1.20 bits per heavy atom. The number of ether oxygens (including phenoxy) is 1. The first-order chi connectivity index (χ1) is 12.2. The average Bonchev–Trinajstić information content (AvgIpc) is 2.64. The molecule has 0 bridgehead atoms. The van der Waals surface area contributed by atoms with Crippen LogP contribution in [0.1, 0.15) is 12.5 Å². The van der Waals surface area contributed by atoms with Crippen molar-refractivity contribution in [2.24, 2.45) is 0 Å². The Morgan fingerprint density at radius 2 is 1.92 bits per heavy atom. The highest BCUT2D eigenvalue weighted by molar-refractivity contribution is 5.68. The van der Waals surface area contributed by atoms with Gasteiger partial charge in [0.15, 0.2) is 5.82 Å². The molecule has 25 heavy (non-hydrogen) atoms. The van der Waals surface area contributed by atoms with Crippen LogP contribution < -0.4 is 10.2 Å². The second kappa shape index (κ2) is 7.78. The van der Waals surface area contributed by atoms with Crippen molar-refractivity contribution in [3.05, 3.63) is 36.0 Å². The number of hydrogen-bond acceptors (Lipinski definition) is 7. The Labute approximate surface area is 146 Å². The summed E-state index contributed by atoms with van der Waals surface area (Å²) in [5.74, 6) is 1.20. The summed E-state index contributed by atoms with van der Waals surface area (Å²) in [6.07, 6.45) is 1.38. The molecule has 0 spiro atoms. The first-order valence-corrected chi connectivity index (χ1v) is 8.36. The van der Waals surface area contributed by atoms with Crippen LogP contribution in [0.25, 0.3) is 0 Å². The number of benzene rings is 1. The molecule has 1 fully saturated rings. The summed E-state index contributed by atoms with van der Waals surface area (Å²) in [4.78, 5) is 20.1. The monoisotopic (exact) mass is 342 g/mol. The van der Waals surface area contributed by atoms with Crippen LogP contribution in [0, 0.1) is 6.92 Å². The summed E-state index contributed by atoms with van der Waals surface area (Å²) in [5.41, 5.74) is 2.11. The van der Waals surface area contributed by atoms with Crippen molar-refractivity contribution in [2.75, 3.05) is 43.0 Å². The van der Waals surface area contributed by atoms with Crippen LogP contribution in [0.5, 0.6) is 0 Å². The Balaban J connectivity index is 1.62. The van der Waals surface area contributed by atoms with Gasteiger partial charge < -0.3 is 19.9 Å². The SMILES string of the molecule is CCOC(=O)N1CCN(c2cnnc(Nc3ccc(C)cc3)n2)CC1. The standard InChI is InChI=1S/C17H22N6O2/c1-3-25-17(24)23-10-8-22(9-11-23)15-12-18-21-16(20-15)19-14-6-4-13(2)5-7-14/h4-7,12H,3,8-11H2,1-2H3,(H,19,20,21). The molecule has 0 aliphatic carbocycles. The van der Waals surface area contributed by atoms with Gasteiger partial charge in [0, 0.05) is 31.9 Å². The molecular weight excluding hydrogens is 320 g/mol. The zero-order valence-electron chi connectivity index (χ0n) is 14.5. The maximum atomic E-state index is 11.8. The molecule has 1 aromatic carbocycles. The molecule has 0 radical (unpaired) electrons. The van der Waals surface area contributed by atoms with Crippen LogP contribution in [-0.4, -0.2) is 59.0 Å². The van der Waals surface area contributed by atoms with E-state index in [2.05, 4.69) is 25.4 Å². The number of rotatable bonds is 4. The highest BCUT2D eigenvalue weighted by Gasteiger charge is 2.23. The summed E-state index contributed by atoms with van der Waals surface area (Å²) in [6, 6.07) is 8.00. The van der Waals surface area contributed by atoms with Gasteiger partial charge in [0.05, 0.1) is 12.8 Å². The first-order valence-electron chi connectivity index (χ1n) is 8.36. The molecule has 1 amide bonds. The van der Waals surface area contributed by atoms with Crippen LogP contribution in [0.3, 0.4) is 0 Å². The number of piperazine rings is 1. The van der Waals surface area contributed by atoms with Crippen LogP contribution in [0.15, 0.2) is 30.5 Å². The van der Waals surface area contributed by atoms with Crippen molar-refractivity contribution in [3.63, 3.8) is 0 Å². The molecule has 8 heteroatoms. The van der Waals surface area contributed by atoms with E-state index >= 15 is 0 Å². The van der Waals surface area contributed by atoms with Crippen molar-refractivity contribution in [3.8, 4) is 0 Å². The van der Waals surface area contributed by atoms with Gasteiger partial charge in [-0.25, -0.2) is 4.79 Å². The first kappa shape index (κ1) is 16.9. The number of carbonyl (C=O) groups excluding carboxylic acids is 1. The fourth-order valence-electron chi connectivity index (χ4n) is 2.60. The van der Waals surface area contributed by atoms with Crippen LogP contribution >= 0.6 is 0 Å². The molecule has 3 rings (SSSR count). The summed E-state index contributed by atoms with van der Waals surface area (Å²) < 4.78 is 5.04. The predicted octanol–water partition coefficient (Wildman–Crippen LogP) is 2.20. The van der Waals surface area contributed by atoms with Gasteiger partial charge in [-0.3, -0.25) is 0 Å². The maximum absolute atomic E-state index is 11.8. The smallest absolute Gasteiger partial charge is 0.409 e. The quantitative estimate of drug-likeness (QED) is 0.912. The van der Waals surface area contributed by atoms with E-state index < -0.39 is 0 Å². The number of aryl methyl sites for hydroxylation is 1. The van der Waals surface area contributed by atoms with Gasteiger partial charge in [-0.15, -0.1) is 5.10 Å². The Morgan fingerprint density at radius 3 is 2.60 bits per heavy atom. The van der Waals surface area contributed by atoms with Crippen molar-refractivity contribution in [1.82, 2.24) is 20.1 Å². The van der Waals surface area contributed by atoms with E-state index in [1.54, 1.807) is 11.1 Å². The van der Waals surface area contributed by atoms with E-state index in [1.165, 1.54) is 5.56 Å². The number of aromatic nitrogens is 3. The minimum Gasteiger partial charge on any atom is -0.450 e. The van der Waals surface area contributed by atoms with E-state index in [0.29, 0.717) is 38.7 Å². The number of nitrogens with one attached hydrogen (secondary N) is 1. The number of hydrogen-bond donors (Lipinski definition) is 1. The highest BCUT2D eigenvalue weighted by atomic mass is 16.6. The van der Waals surface area contributed by atoms with Gasteiger partial charge >= 0.3 is 6.09 Å². The lowest BCUT2D eigenvalue weighted by Crippen LogP contribution is -2.49. The molecule has 1 aromatic heterocycles. The minimum absolute atomic E-state index is 0.260. The lowest BCUT2D eigenvalue weighted by Gasteiger charge is -2.34. The van der Waals surface area contributed by atoms with Crippen LogP contribution in [0.4, 0.5) is 22.2 Å². The summed E-state index contributed by atoms with van der Waals surface area (Å²) in [5, 5.41) is 11.2. The van der Waals surface area contributed by atoms with Crippen molar-refractivity contribution >= 4 is 23.5 Å². The van der Waals surface area contributed by atoms with Crippen molar-refractivity contribution in [1.29, 1.82) is 0 Å². The molecule has 8 nitrogen and oxygen atoms in total. The lowest BCUT2D eigenvalue weighted by atomic mass is 10.2. The minimum atomic E-state index is -0.260. The van der Waals surface area contributed by atoms with E-state index in [1.807, 2.05) is 38.1 Å². The second-order valence-corrected chi connectivity index (χ2v) is 5.80. The zero-order valence-corrected chi connectivity index (χ0v) is 14.5. The predicted molar refractivity (Wildman–Crippen MR) is 95.1 cm³/mol. The van der Waals surface area contributed by atoms with Crippen LogP contribution in [0.2, 0.25) is 0 Å². The zero-order chi connectivity index (χ0) is 17.6. The lowest BCUT2D eigenvalue weighted by molar-refractivity contribution is 0.105. The van der Waals surface area contributed by atoms with Gasteiger partial charge in [-0.1, -0.05) is 17.7 Å². The number of carbonyl (C=O) groups is 1. The van der Waals surface area contributed by atoms with E-state index in [9.17, 15) is 4.79 Å². The molecule has 2 heterocycles. The van der Waals surface area contributed by atoms with Gasteiger partial charge in [0.2, 0.25) is 5.95 Å². The molecule has 1 aliphatic heterocycles. The van der Waals surface area contributed by atoms with Crippen molar-refractivity contribution in [2.45, 2.75) is 13.8 Å². The maximum Gasteiger partial charge on any atom is 0.409 e. The highest BCUT2D eigenvalue weighted by Crippen LogP contribution is 2.17. The average molecular weight is 342 g/mol. The van der Waals surface area contributed by atoms with Gasteiger partial charge in [-0.05, 0) is 26.0 Å². The number of nitrogens with zero attached hydrogens (tertiary/aromatic N) is 5. The topological polar surface area (TPSA) is 83.5 Å². The molecular formula is C17H22N6O2. The van der Waals surface area contributed by atoms with Gasteiger partial charge in [-0.2, -0.15) is 10.1 Å². The molecule has 132 valence electrons. The third-order valence-electron chi connectivity index (χ3n) is 3.98. The third-order valence-corrected chi connectivity index (χ3v) is 3.98. The summed E-state index contributed by atoms with van der Waals surface area (Å²) >= 11 is 0. The van der Waals surface area contributed by atoms with Gasteiger partial charge in [0.25, 0.3) is 0 Å². The largest absolute Gasteiger partial charge is 0.450 e. The Kier molecular flexibility index (Phi) is 5.27. The number of anilines is 3. The Bertz CT molecular complexity index is 713. The third kappa shape index (κ3) is 4.34. The molecule has 1 aliphatic rings. The molecule has 0 atom stereocenters. The fraction of sp³-hybridized carbons (Fsp3) is 0.412. The van der Waals surface area contributed by atoms with Crippen LogP contribution in [-0.2, 0) is 4.74 Å². The van der Waals surface area contributed by atoms with Crippen molar-refractivity contribution < 1.29 is 9.53 Å². The molecule has 2 aromatic rings. The normalized spacial score (nSPS) is 14.3. The summed E-state index contributed by atoms with van der Waals surface area (Å²) in [6.45, 7) is 6.81. The molecule has 0 unspecified atom stereocenters. The summed E-state index contributed by atoms with van der Waals surface area (Å²) in [7, 11) is 0. The van der Waals surface area contributed by atoms with E-state index in [0.717, 1.165) is 11.5 Å². The molecule has 0 saturated carbocycles. The fourth-order valence-corrected chi connectivity index (χ4v) is 2.60. The molecule has 1 saturated heterocycles. The van der Waals surface area contributed by atoms with E-state index in [-0.39, 0.29) is 6.09 Å². The second-order valence-electron chi connectivity index (χ2n) is 5.80. The van der Waals surface area contributed by atoms with Gasteiger partial charge in [0.1, 0.15) is 0 Å². The number of amides is 1. The molecule has 1 N–H and O–H groups in total. The van der Waals surface area contributed by atoms with E-state index in [4.69, 9.17) is 4.74 Å². The Hall–Kier alpha value is -2.90.